The average molecular weight is 391 g/mol. The van der Waals surface area contributed by atoms with Gasteiger partial charge in [-0.1, -0.05) is 12.1 Å². The highest BCUT2D eigenvalue weighted by Crippen LogP contribution is 2.27. The maximum atomic E-state index is 11.9. The van der Waals surface area contributed by atoms with Gasteiger partial charge in [0.1, 0.15) is 0 Å². The van der Waals surface area contributed by atoms with Crippen molar-refractivity contribution in [2.24, 2.45) is 0 Å². The predicted octanol–water partition coefficient (Wildman–Crippen LogP) is 0.928. The van der Waals surface area contributed by atoms with Gasteiger partial charge in [-0.25, -0.2) is 0 Å². The molecule has 0 radical (unpaired) electrons. The van der Waals surface area contributed by atoms with Gasteiger partial charge in [-0.2, -0.15) is 0 Å². The van der Waals surface area contributed by atoms with Gasteiger partial charge in [-0.3, -0.25) is 14.4 Å². The molecule has 1 aromatic heterocycles. The van der Waals surface area contributed by atoms with Crippen LogP contribution in [0.5, 0.6) is 11.5 Å². The van der Waals surface area contributed by atoms with E-state index in [2.05, 4.69) is 16.0 Å². The molecule has 0 spiro atoms. The fraction of sp³-hybridized carbons (Fsp3) is 0.278. The van der Waals surface area contributed by atoms with Crippen LogP contribution < -0.4 is 25.4 Å². The van der Waals surface area contributed by atoms with Crippen molar-refractivity contribution in [2.75, 3.05) is 27.3 Å². The molecule has 3 amide bonds. The van der Waals surface area contributed by atoms with E-state index in [0.717, 1.165) is 5.56 Å². The van der Waals surface area contributed by atoms with Crippen LogP contribution in [0.3, 0.4) is 0 Å². The molecule has 0 saturated carbocycles. The number of rotatable bonds is 9. The summed E-state index contributed by atoms with van der Waals surface area (Å²) in [5, 5.41) is 9.42. The van der Waals surface area contributed by atoms with E-state index in [1.54, 1.807) is 42.8 Å². The van der Waals surface area contributed by atoms with Crippen molar-refractivity contribution < 1.29 is 23.9 Å². The molecule has 1 heterocycles. The summed E-state index contributed by atoms with van der Waals surface area (Å²) in [6.07, 6.45) is 0. The highest BCUT2D eigenvalue weighted by molar-refractivity contribution is 7.12. The minimum absolute atomic E-state index is 0.180. The molecular formula is C18H21N3O5S. The molecule has 0 aliphatic carbocycles. The van der Waals surface area contributed by atoms with E-state index >= 15 is 0 Å². The van der Waals surface area contributed by atoms with E-state index in [1.165, 1.54) is 18.4 Å². The highest BCUT2D eigenvalue weighted by Gasteiger charge is 2.10. The number of carbonyl (C=O) groups is 3. The smallest absolute Gasteiger partial charge is 0.261 e. The minimum Gasteiger partial charge on any atom is -0.493 e. The van der Waals surface area contributed by atoms with Crippen molar-refractivity contribution in [3.63, 3.8) is 0 Å². The lowest BCUT2D eigenvalue weighted by Crippen LogP contribution is -2.41. The number of nitrogens with one attached hydrogen (secondary N) is 3. The Hall–Kier alpha value is -3.07. The Kier molecular flexibility index (Phi) is 7.63. The number of ether oxygens (including phenoxy) is 2. The lowest BCUT2D eigenvalue weighted by molar-refractivity contribution is -0.125. The summed E-state index contributed by atoms with van der Waals surface area (Å²) >= 11 is 1.29. The van der Waals surface area contributed by atoms with Crippen molar-refractivity contribution in [3.8, 4) is 11.5 Å². The van der Waals surface area contributed by atoms with E-state index in [-0.39, 0.29) is 31.4 Å². The molecular weight excluding hydrogens is 370 g/mol. The second-order valence-corrected chi connectivity index (χ2v) is 6.35. The number of amides is 3. The zero-order valence-electron chi connectivity index (χ0n) is 15.0. The third-order valence-corrected chi connectivity index (χ3v) is 4.41. The van der Waals surface area contributed by atoms with Gasteiger partial charge in [0.25, 0.3) is 5.91 Å². The largest absolute Gasteiger partial charge is 0.493 e. The van der Waals surface area contributed by atoms with Crippen molar-refractivity contribution >= 4 is 29.1 Å². The lowest BCUT2D eigenvalue weighted by atomic mass is 10.2. The fourth-order valence-electron chi connectivity index (χ4n) is 2.15. The van der Waals surface area contributed by atoms with Crippen LogP contribution in [0.1, 0.15) is 15.2 Å². The number of benzene rings is 1. The molecule has 0 unspecified atom stereocenters. The van der Waals surface area contributed by atoms with Crippen LogP contribution in [0.25, 0.3) is 0 Å². The fourth-order valence-corrected chi connectivity index (χ4v) is 2.79. The van der Waals surface area contributed by atoms with Crippen LogP contribution in [0, 0.1) is 0 Å². The third-order valence-electron chi connectivity index (χ3n) is 3.54. The first-order valence-corrected chi connectivity index (χ1v) is 8.97. The molecule has 27 heavy (non-hydrogen) atoms. The summed E-state index contributed by atoms with van der Waals surface area (Å²) in [7, 11) is 3.08. The van der Waals surface area contributed by atoms with Gasteiger partial charge in [0, 0.05) is 6.54 Å². The maximum Gasteiger partial charge on any atom is 0.261 e. The van der Waals surface area contributed by atoms with Gasteiger partial charge in [0.05, 0.1) is 32.2 Å². The van der Waals surface area contributed by atoms with E-state index in [9.17, 15) is 14.4 Å². The second-order valence-electron chi connectivity index (χ2n) is 5.40. The third kappa shape index (κ3) is 6.30. The first-order chi connectivity index (χ1) is 13.0. The summed E-state index contributed by atoms with van der Waals surface area (Å²) in [5.41, 5.74) is 0.829. The topological polar surface area (TPSA) is 106 Å². The van der Waals surface area contributed by atoms with Crippen molar-refractivity contribution in [1.82, 2.24) is 16.0 Å². The summed E-state index contributed by atoms with van der Waals surface area (Å²) in [6, 6.07) is 8.73. The van der Waals surface area contributed by atoms with Crippen LogP contribution in [0.15, 0.2) is 35.7 Å². The number of hydrogen-bond donors (Lipinski definition) is 3. The molecule has 0 fully saturated rings. The molecule has 8 nitrogen and oxygen atoms in total. The van der Waals surface area contributed by atoms with Crippen LogP contribution in [0.4, 0.5) is 0 Å². The normalized spacial score (nSPS) is 10.0. The number of carbonyl (C=O) groups excluding carboxylic acids is 3. The number of methoxy groups -OCH3 is 2. The molecule has 2 rings (SSSR count). The van der Waals surface area contributed by atoms with Crippen molar-refractivity contribution in [2.45, 2.75) is 6.54 Å². The van der Waals surface area contributed by atoms with E-state index in [4.69, 9.17) is 9.47 Å². The molecule has 144 valence electrons. The molecule has 1 aromatic carbocycles. The summed E-state index contributed by atoms with van der Waals surface area (Å²) in [4.78, 5) is 35.8. The monoisotopic (exact) mass is 391 g/mol. The summed E-state index contributed by atoms with van der Waals surface area (Å²) < 4.78 is 10.4. The van der Waals surface area contributed by atoms with Crippen molar-refractivity contribution in [1.29, 1.82) is 0 Å². The van der Waals surface area contributed by atoms with E-state index in [1.807, 2.05) is 0 Å². The maximum absolute atomic E-state index is 11.9. The van der Waals surface area contributed by atoms with Gasteiger partial charge < -0.3 is 25.4 Å². The molecule has 2 aromatic rings. The molecule has 0 saturated heterocycles. The molecule has 0 aliphatic rings. The minimum atomic E-state index is -0.443. The van der Waals surface area contributed by atoms with Gasteiger partial charge in [-0.05, 0) is 29.1 Å². The molecule has 0 atom stereocenters. The van der Waals surface area contributed by atoms with Gasteiger partial charge in [-0.15, -0.1) is 11.3 Å². The van der Waals surface area contributed by atoms with E-state index in [0.29, 0.717) is 16.4 Å². The first-order valence-electron chi connectivity index (χ1n) is 8.09. The summed E-state index contributed by atoms with van der Waals surface area (Å²) in [5.74, 6) is 0.0606. The van der Waals surface area contributed by atoms with E-state index < -0.39 is 5.91 Å². The quantitative estimate of drug-likeness (QED) is 0.590. The molecule has 3 N–H and O–H groups in total. The first kappa shape index (κ1) is 20.2. The Balaban J connectivity index is 1.69. The molecule has 0 bridgehead atoms. The Morgan fingerprint density at radius 3 is 2.30 bits per heavy atom. The van der Waals surface area contributed by atoms with Crippen LogP contribution in [-0.4, -0.2) is 45.0 Å². The number of hydrogen-bond acceptors (Lipinski definition) is 6. The highest BCUT2D eigenvalue weighted by atomic mass is 32.1. The SMILES string of the molecule is COc1ccc(CNC(=O)CNC(=O)CNC(=O)c2cccs2)cc1OC. The Labute approximate surface area is 160 Å². The van der Waals surface area contributed by atoms with Crippen molar-refractivity contribution in [3.05, 3.63) is 46.2 Å². The Morgan fingerprint density at radius 2 is 1.63 bits per heavy atom. The van der Waals surface area contributed by atoms with Crippen LogP contribution in [-0.2, 0) is 16.1 Å². The van der Waals surface area contributed by atoms with Crippen LogP contribution >= 0.6 is 11.3 Å². The predicted molar refractivity (Wildman–Crippen MR) is 101 cm³/mol. The number of thiophene rings is 1. The zero-order valence-corrected chi connectivity index (χ0v) is 15.9. The lowest BCUT2D eigenvalue weighted by Gasteiger charge is -2.11. The summed E-state index contributed by atoms with van der Waals surface area (Å²) in [6.45, 7) is -0.0924. The molecule has 9 heteroatoms. The zero-order chi connectivity index (χ0) is 19.6. The van der Waals surface area contributed by atoms with Gasteiger partial charge >= 0.3 is 0 Å². The molecule has 0 aliphatic heterocycles. The average Bonchev–Trinajstić information content (AvgIpc) is 3.23. The Morgan fingerprint density at radius 1 is 0.926 bits per heavy atom. The van der Waals surface area contributed by atoms with Crippen LogP contribution in [0.2, 0.25) is 0 Å². The van der Waals surface area contributed by atoms with Gasteiger partial charge in [0.2, 0.25) is 11.8 Å². The van der Waals surface area contributed by atoms with Gasteiger partial charge in [0.15, 0.2) is 11.5 Å². The standard InChI is InChI=1S/C18H21N3O5S/c1-25-13-6-5-12(8-14(13)26-2)9-19-16(22)10-20-17(23)11-21-18(24)15-4-3-7-27-15/h3-8H,9-11H2,1-2H3,(H,19,22)(H,20,23)(H,21,24). The second kappa shape index (κ2) is 10.2. The Bertz CT molecular complexity index is 792.